The van der Waals surface area contributed by atoms with E-state index in [2.05, 4.69) is 0 Å². The molecule has 1 aliphatic rings. The Kier molecular flexibility index (Phi) is 6.34. The van der Waals surface area contributed by atoms with Crippen LogP contribution in [0.5, 0.6) is 0 Å². The van der Waals surface area contributed by atoms with Crippen LogP contribution in [0, 0.1) is 0 Å². The molecule has 0 bridgehead atoms. The van der Waals surface area contributed by atoms with Gasteiger partial charge in [-0.25, -0.2) is 0 Å². The number of carbonyl (C=O) groups excluding carboxylic acids is 1. The van der Waals surface area contributed by atoms with E-state index in [1.54, 1.807) is 6.08 Å². The summed E-state index contributed by atoms with van der Waals surface area (Å²) in [6.45, 7) is 0.285. The number of carboxylic acid groups (broad SMARTS) is 1. The van der Waals surface area contributed by atoms with Crippen molar-refractivity contribution in [1.29, 1.82) is 0 Å². The number of benzene rings is 2. The van der Waals surface area contributed by atoms with Crippen molar-refractivity contribution in [2.24, 2.45) is 0 Å². The fraction of sp³-hybridized carbons (Fsp3) is 0.125. The Hall–Kier alpha value is -3.16. The number of aliphatic carboxylic acids is 1. The van der Waals surface area contributed by atoms with Gasteiger partial charge in [0.2, 0.25) is 0 Å². The van der Waals surface area contributed by atoms with Crippen molar-refractivity contribution in [2.45, 2.75) is 12.8 Å². The van der Waals surface area contributed by atoms with Gasteiger partial charge in [-0.1, -0.05) is 84.6 Å². The minimum Gasteiger partial charge on any atom is -0.481 e. The number of hydrogen-bond donors (Lipinski definition) is 1. The second-order valence-electron chi connectivity index (χ2n) is 6.95. The first-order chi connectivity index (χ1) is 15.0. The third-order valence-electron chi connectivity index (χ3n) is 4.81. The van der Waals surface area contributed by atoms with Crippen molar-refractivity contribution < 1.29 is 19.1 Å². The van der Waals surface area contributed by atoms with E-state index < -0.39 is 5.97 Å². The molecule has 5 nitrogen and oxygen atoms in total. The zero-order valence-electron chi connectivity index (χ0n) is 16.5. The van der Waals surface area contributed by atoms with Crippen LogP contribution in [-0.2, 0) is 9.59 Å². The minimum absolute atomic E-state index is 0.00706. The normalized spacial score (nSPS) is 15.1. The van der Waals surface area contributed by atoms with Crippen LogP contribution in [0.3, 0.4) is 0 Å². The van der Waals surface area contributed by atoms with Crippen molar-refractivity contribution in [3.63, 3.8) is 0 Å². The molecule has 156 valence electrons. The van der Waals surface area contributed by atoms with Gasteiger partial charge in [0.1, 0.15) is 15.8 Å². The summed E-state index contributed by atoms with van der Waals surface area (Å²) in [6, 6.07) is 21.6. The fourth-order valence-electron chi connectivity index (χ4n) is 3.30. The quantitative estimate of drug-likeness (QED) is 0.370. The smallest absolute Gasteiger partial charge is 0.303 e. The average Bonchev–Trinajstić information content (AvgIpc) is 3.31. The van der Waals surface area contributed by atoms with Crippen LogP contribution >= 0.6 is 24.0 Å². The largest absolute Gasteiger partial charge is 0.481 e. The van der Waals surface area contributed by atoms with Gasteiger partial charge in [0.25, 0.3) is 5.91 Å². The highest BCUT2D eigenvalue weighted by atomic mass is 32.2. The summed E-state index contributed by atoms with van der Waals surface area (Å²) >= 11 is 6.55. The standard InChI is InChI=1S/C24H19NO4S2/c26-22(27)12-7-13-25-23(28)21(31-24(25)30)15-20-18(16-8-3-1-4-9-16)14-19(29-20)17-10-5-2-6-11-17/h1-6,8-11,14-15H,7,12-13H2,(H,26,27). The second kappa shape index (κ2) is 9.32. The van der Waals surface area contributed by atoms with Crippen molar-refractivity contribution in [3.05, 3.63) is 77.4 Å². The number of carbonyl (C=O) groups is 2. The summed E-state index contributed by atoms with van der Waals surface area (Å²) in [6.07, 6.45) is 2.07. The van der Waals surface area contributed by atoms with E-state index in [9.17, 15) is 9.59 Å². The topological polar surface area (TPSA) is 70.8 Å². The number of nitrogens with zero attached hydrogens (tertiary/aromatic N) is 1. The summed E-state index contributed by atoms with van der Waals surface area (Å²) < 4.78 is 6.60. The van der Waals surface area contributed by atoms with E-state index in [-0.39, 0.29) is 18.9 Å². The van der Waals surface area contributed by atoms with Crippen molar-refractivity contribution in [2.75, 3.05) is 6.54 Å². The molecule has 7 heteroatoms. The Labute approximate surface area is 189 Å². The summed E-state index contributed by atoms with van der Waals surface area (Å²) in [7, 11) is 0. The van der Waals surface area contributed by atoms with Gasteiger partial charge in [-0.05, 0) is 18.1 Å². The molecule has 1 amide bonds. The Balaban J connectivity index is 1.68. The summed E-state index contributed by atoms with van der Waals surface area (Å²) in [4.78, 5) is 25.6. The first kappa shape index (κ1) is 21.1. The molecule has 0 atom stereocenters. The summed E-state index contributed by atoms with van der Waals surface area (Å²) in [5.74, 6) is 0.174. The molecule has 2 aromatic carbocycles. The van der Waals surface area contributed by atoms with Crippen LogP contribution in [-0.4, -0.2) is 32.7 Å². The number of rotatable bonds is 7. The molecule has 4 rings (SSSR count). The Morgan fingerprint density at radius 1 is 1.06 bits per heavy atom. The predicted octanol–water partition coefficient (Wildman–Crippen LogP) is 5.68. The highest BCUT2D eigenvalue weighted by molar-refractivity contribution is 8.26. The van der Waals surface area contributed by atoms with Crippen LogP contribution in [0.25, 0.3) is 28.5 Å². The van der Waals surface area contributed by atoms with Gasteiger partial charge in [0.05, 0.1) is 4.91 Å². The number of thiocarbonyl (C=S) groups is 1. The maximum absolute atomic E-state index is 12.9. The first-order valence-electron chi connectivity index (χ1n) is 9.75. The van der Waals surface area contributed by atoms with E-state index in [0.29, 0.717) is 27.2 Å². The zero-order chi connectivity index (χ0) is 21.8. The van der Waals surface area contributed by atoms with Crippen LogP contribution in [0.4, 0.5) is 0 Å². The predicted molar refractivity (Wildman–Crippen MR) is 126 cm³/mol. The average molecular weight is 450 g/mol. The number of amides is 1. The third-order valence-corrected chi connectivity index (χ3v) is 6.19. The van der Waals surface area contributed by atoms with Crippen LogP contribution in [0.1, 0.15) is 18.6 Å². The molecule has 0 radical (unpaired) electrons. The Bertz CT molecular complexity index is 1150. The van der Waals surface area contributed by atoms with Gasteiger partial charge in [-0.3, -0.25) is 14.5 Å². The van der Waals surface area contributed by atoms with Crippen molar-refractivity contribution in [1.82, 2.24) is 4.90 Å². The molecule has 1 saturated heterocycles. The highest BCUT2D eigenvalue weighted by Crippen LogP contribution is 2.38. The lowest BCUT2D eigenvalue weighted by atomic mass is 10.0. The van der Waals surface area contributed by atoms with Crippen molar-refractivity contribution in [3.8, 4) is 22.5 Å². The zero-order valence-corrected chi connectivity index (χ0v) is 18.1. The molecular formula is C24H19NO4S2. The van der Waals surface area contributed by atoms with Crippen LogP contribution in [0.15, 0.2) is 76.1 Å². The fourth-order valence-corrected chi connectivity index (χ4v) is 4.58. The monoisotopic (exact) mass is 449 g/mol. The first-order valence-corrected chi connectivity index (χ1v) is 11.0. The van der Waals surface area contributed by atoms with E-state index in [0.717, 1.165) is 16.7 Å². The van der Waals surface area contributed by atoms with Gasteiger partial charge in [-0.2, -0.15) is 0 Å². The van der Waals surface area contributed by atoms with E-state index in [1.807, 2.05) is 66.7 Å². The molecule has 31 heavy (non-hydrogen) atoms. The minimum atomic E-state index is -0.891. The second-order valence-corrected chi connectivity index (χ2v) is 8.63. The van der Waals surface area contributed by atoms with E-state index in [1.165, 1.54) is 16.7 Å². The lowest BCUT2D eigenvalue weighted by Gasteiger charge is -2.13. The number of furan rings is 1. The SMILES string of the molecule is O=C(O)CCCN1C(=O)C(=Cc2oc(-c3ccccc3)cc2-c2ccccc2)SC1=S. The lowest BCUT2D eigenvalue weighted by Crippen LogP contribution is -2.29. The number of thioether (sulfide) groups is 1. The highest BCUT2D eigenvalue weighted by Gasteiger charge is 2.32. The van der Waals surface area contributed by atoms with Crippen LogP contribution in [0.2, 0.25) is 0 Å². The van der Waals surface area contributed by atoms with Gasteiger partial charge in [0.15, 0.2) is 0 Å². The van der Waals surface area contributed by atoms with E-state index >= 15 is 0 Å². The molecule has 3 aromatic rings. The number of carboxylic acids is 1. The van der Waals surface area contributed by atoms with Gasteiger partial charge in [0, 0.05) is 30.2 Å². The molecule has 1 fully saturated rings. The molecule has 0 spiro atoms. The Morgan fingerprint density at radius 3 is 2.35 bits per heavy atom. The molecule has 0 aliphatic carbocycles. The van der Waals surface area contributed by atoms with Gasteiger partial charge >= 0.3 is 5.97 Å². The van der Waals surface area contributed by atoms with Crippen LogP contribution < -0.4 is 0 Å². The molecule has 1 N–H and O–H groups in total. The maximum atomic E-state index is 12.9. The van der Waals surface area contributed by atoms with Gasteiger partial charge < -0.3 is 9.52 Å². The molecule has 0 saturated carbocycles. The van der Waals surface area contributed by atoms with Gasteiger partial charge in [-0.15, -0.1) is 0 Å². The molecule has 1 aliphatic heterocycles. The summed E-state index contributed by atoms with van der Waals surface area (Å²) in [5, 5.41) is 8.84. The summed E-state index contributed by atoms with van der Waals surface area (Å²) in [5.41, 5.74) is 2.81. The molecule has 0 unspecified atom stereocenters. The third kappa shape index (κ3) is 4.78. The van der Waals surface area contributed by atoms with E-state index in [4.69, 9.17) is 21.7 Å². The Morgan fingerprint density at radius 2 is 1.71 bits per heavy atom. The molecule has 1 aromatic heterocycles. The van der Waals surface area contributed by atoms with Crippen molar-refractivity contribution >= 4 is 46.3 Å². The molecular weight excluding hydrogens is 430 g/mol. The lowest BCUT2D eigenvalue weighted by molar-refractivity contribution is -0.137. The number of hydrogen-bond acceptors (Lipinski definition) is 5. The maximum Gasteiger partial charge on any atom is 0.303 e. The molecule has 2 heterocycles.